The van der Waals surface area contributed by atoms with Crippen LogP contribution in [0.1, 0.15) is 130 Å². The first-order valence-electron chi connectivity index (χ1n) is 29.2. The SMILES string of the molecule is CNC(=O)c1cc(-c2ccc(C(=O)O)c(C(=O)Nc3ccc(Oc4ccc(NC(=O)c5cc(-c6ccc7c(c6)C(=O)OC7=O)ccc5C(=O)O)cc4)cc3)c2)ccc1C(=O)O.Cc1ccc(Oc2ccc(NC(=O)c3cc(-c4ccc5c(c4)C(=O)OC5=O)ccc3C(=O)O)cc2)cc1. The lowest BCUT2D eigenvalue weighted by Crippen LogP contribution is -2.21. The predicted octanol–water partition coefficient (Wildman–Crippen LogP) is 12.8. The van der Waals surface area contributed by atoms with E-state index in [1.807, 2.05) is 31.2 Å². The number of benzene rings is 10. The molecule has 0 spiro atoms. The van der Waals surface area contributed by atoms with Gasteiger partial charge in [0.05, 0.1) is 66.8 Å². The third-order valence-corrected chi connectivity index (χ3v) is 15.3. The Hall–Kier alpha value is -14.2. The van der Waals surface area contributed by atoms with Crippen molar-refractivity contribution in [1.29, 1.82) is 0 Å². The predicted molar refractivity (Wildman–Crippen MR) is 351 cm³/mol. The number of hydrogen-bond acceptors (Lipinski definition) is 16. The van der Waals surface area contributed by atoms with Crippen molar-refractivity contribution >= 4 is 88.4 Å². The van der Waals surface area contributed by atoms with Crippen LogP contribution in [0.5, 0.6) is 23.0 Å². The van der Waals surface area contributed by atoms with E-state index >= 15 is 0 Å². The number of cyclic esters (lactones) is 4. The highest BCUT2D eigenvalue weighted by molar-refractivity contribution is 6.18. The molecule has 2 aliphatic rings. The Bertz CT molecular complexity index is 5040. The minimum Gasteiger partial charge on any atom is -0.478 e. The summed E-state index contributed by atoms with van der Waals surface area (Å²) in [6.07, 6.45) is 0. The maximum atomic E-state index is 13.4. The molecule has 10 aromatic carbocycles. The molecule has 0 radical (unpaired) electrons. The third-order valence-electron chi connectivity index (χ3n) is 15.3. The molecule has 0 saturated carbocycles. The van der Waals surface area contributed by atoms with Gasteiger partial charge in [0, 0.05) is 24.1 Å². The second kappa shape index (κ2) is 27.6. The summed E-state index contributed by atoms with van der Waals surface area (Å²) in [6.45, 7) is 1.98. The van der Waals surface area contributed by atoms with Crippen LogP contribution in [0.3, 0.4) is 0 Å². The summed E-state index contributed by atoms with van der Waals surface area (Å²) in [4.78, 5) is 147. The highest BCUT2D eigenvalue weighted by atomic mass is 16.6. The topological polar surface area (TPSA) is 371 Å². The van der Waals surface area contributed by atoms with Gasteiger partial charge in [-0.3, -0.25) is 19.2 Å². The summed E-state index contributed by atoms with van der Waals surface area (Å²) in [5.41, 5.74) is 3.68. The molecule has 0 bridgehead atoms. The van der Waals surface area contributed by atoms with E-state index in [1.165, 1.54) is 128 Å². The minimum absolute atomic E-state index is 0.0565. The fraction of sp³-hybridized carbons (Fsp3) is 0.0270. The van der Waals surface area contributed by atoms with Gasteiger partial charge in [0.1, 0.15) is 23.0 Å². The molecular weight excluding hydrogens is 1260 g/mol. The number of amides is 4. The number of aryl methyl sites for hydroxylation is 1. The van der Waals surface area contributed by atoms with E-state index in [4.69, 9.17) is 9.47 Å². The van der Waals surface area contributed by atoms with Crippen LogP contribution >= 0.6 is 0 Å². The second-order valence-electron chi connectivity index (χ2n) is 21.7. The van der Waals surface area contributed by atoms with Crippen molar-refractivity contribution in [3.8, 4) is 56.4 Å². The highest BCUT2D eigenvalue weighted by Crippen LogP contribution is 2.34. The first-order chi connectivity index (χ1) is 47.0. The molecule has 98 heavy (non-hydrogen) atoms. The largest absolute Gasteiger partial charge is 0.478 e. The molecule has 2 heterocycles. The van der Waals surface area contributed by atoms with E-state index in [9.17, 15) is 78.0 Å². The maximum absolute atomic E-state index is 13.4. The van der Waals surface area contributed by atoms with E-state index in [2.05, 4.69) is 30.7 Å². The summed E-state index contributed by atoms with van der Waals surface area (Å²) in [7, 11) is 1.35. The highest BCUT2D eigenvalue weighted by Gasteiger charge is 2.32. The zero-order valence-corrected chi connectivity index (χ0v) is 51.0. The molecule has 0 atom stereocenters. The Morgan fingerprint density at radius 1 is 0.296 bits per heavy atom. The van der Waals surface area contributed by atoms with Gasteiger partial charge < -0.3 is 60.6 Å². The van der Waals surface area contributed by atoms with Gasteiger partial charge in [0.15, 0.2) is 0 Å². The summed E-state index contributed by atoms with van der Waals surface area (Å²) in [5, 5.41) is 49.2. The van der Waals surface area contributed by atoms with Gasteiger partial charge in [0.25, 0.3) is 23.6 Å². The Kier molecular flexibility index (Phi) is 18.4. The van der Waals surface area contributed by atoms with Crippen molar-refractivity contribution in [2.75, 3.05) is 23.0 Å². The first-order valence-corrected chi connectivity index (χ1v) is 29.2. The van der Waals surface area contributed by atoms with Crippen molar-refractivity contribution < 1.29 is 96.9 Å². The smallest absolute Gasteiger partial charge is 0.346 e. The molecule has 0 fully saturated rings. The number of esters is 4. The van der Waals surface area contributed by atoms with Crippen LogP contribution in [-0.4, -0.2) is 98.9 Å². The zero-order valence-electron chi connectivity index (χ0n) is 51.0. The zero-order chi connectivity index (χ0) is 69.6. The number of carboxylic acid groups (broad SMARTS) is 4. The lowest BCUT2D eigenvalue weighted by Gasteiger charge is -2.13. The molecule has 0 aliphatic carbocycles. The van der Waals surface area contributed by atoms with Crippen LogP contribution in [0.2, 0.25) is 0 Å². The average Bonchev–Trinajstić information content (AvgIpc) is 1.42. The molecule has 8 N–H and O–H groups in total. The van der Waals surface area contributed by atoms with Crippen LogP contribution in [-0.2, 0) is 9.47 Å². The van der Waals surface area contributed by atoms with Gasteiger partial charge >= 0.3 is 47.8 Å². The molecule has 0 saturated heterocycles. The Labute approximate surface area is 553 Å². The number of anilines is 3. The molecule has 4 amide bonds. The number of nitrogens with one attached hydrogen (secondary N) is 4. The number of ether oxygens (including phenoxy) is 4. The second-order valence-corrected chi connectivity index (χ2v) is 21.7. The molecule has 24 heteroatoms. The van der Waals surface area contributed by atoms with Gasteiger partial charge in [0.2, 0.25) is 0 Å². The number of carboxylic acids is 4. The Morgan fingerprint density at radius 2 is 0.541 bits per heavy atom. The van der Waals surface area contributed by atoms with E-state index in [1.54, 1.807) is 60.7 Å². The quantitative estimate of drug-likeness (QED) is 0.0292. The summed E-state index contributed by atoms with van der Waals surface area (Å²) in [5.74, 6) is -9.11. The van der Waals surface area contributed by atoms with Gasteiger partial charge in [-0.05, 0) is 198 Å². The number of carbonyl (C=O) groups excluding carboxylic acids is 8. The summed E-state index contributed by atoms with van der Waals surface area (Å²) < 4.78 is 21.0. The van der Waals surface area contributed by atoms with E-state index in [0.717, 1.165) is 5.56 Å². The molecule has 0 unspecified atom stereocenters. The van der Waals surface area contributed by atoms with Crippen molar-refractivity contribution in [2.24, 2.45) is 0 Å². The lowest BCUT2D eigenvalue weighted by atomic mass is 9.95. The number of fused-ring (bicyclic) bond motifs is 2. The molecule has 24 nitrogen and oxygen atoms in total. The fourth-order valence-electron chi connectivity index (χ4n) is 10.3. The van der Waals surface area contributed by atoms with Crippen molar-refractivity contribution in [3.05, 3.63) is 279 Å². The molecule has 484 valence electrons. The van der Waals surface area contributed by atoms with Gasteiger partial charge in [-0.15, -0.1) is 0 Å². The van der Waals surface area contributed by atoms with Gasteiger partial charge in [-0.1, -0.05) is 54.1 Å². The van der Waals surface area contributed by atoms with E-state index in [-0.39, 0.29) is 66.8 Å². The molecular formula is C74H48N4O20. The van der Waals surface area contributed by atoms with Crippen molar-refractivity contribution in [2.45, 2.75) is 6.92 Å². The van der Waals surface area contributed by atoms with Crippen LogP contribution in [0.15, 0.2) is 206 Å². The van der Waals surface area contributed by atoms with Gasteiger partial charge in [-0.2, -0.15) is 0 Å². The monoisotopic (exact) mass is 1310 g/mol. The van der Waals surface area contributed by atoms with Crippen molar-refractivity contribution in [1.82, 2.24) is 5.32 Å². The Balaban J connectivity index is 0.000000223. The van der Waals surface area contributed by atoms with Crippen LogP contribution < -0.4 is 30.7 Å². The summed E-state index contributed by atoms with van der Waals surface area (Å²) in [6, 6.07) is 51.9. The third kappa shape index (κ3) is 14.2. The number of aromatic carboxylic acids is 4. The normalized spacial score (nSPS) is 11.7. The maximum Gasteiger partial charge on any atom is 0.346 e. The van der Waals surface area contributed by atoms with E-state index in [0.29, 0.717) is 73.4 Å². The lowest BCUT2D eigenvalue weighted by molar-refractivity contribution is 0.0425. The van der Waals surface area contributed by atoms with Crippen LogP contribution in [0.25, 0.3) is 33.4 Å². The molecule has 2 aliphatic heterocycles. The molecule has 12 rings (SSSR count). The van der Waals surface area contributed by atoms with Crippen LogP contribution in [0.4, 0.5) is 17.1 Å². The first kappa shape index (κ1) is 65.3. The standard InChI is InChI=1S/C45H29N3O13.C29H19NO7/c1-46-38(49)34-18-22(2-14-30(34)41(52)53)23-3-15-31(42(54)55)35(19-23)39(50)47-26-6-10-28(11-7-26)60-29-12-8-27(9-13-29)48-40(51)36-20-24(4-16-32(36)43(56)57)25-5-17-33-37(21-25)45(59)61-44(33)58;1-16-2-8-20(9-3-16)36-21-10-6-19(7-11-21)30-26(31)24-14-17(4-12-22(24)27(32)33)18-5-13-23-25(15-18)29(35)37-28(23)34/h2-21H,1H3,(H,46,49)(H,47,50)(H,48,51)(H,52,53)(H,54,55)(H,56,57);2-15H,1H3,(H,30,31)(H,32,33). The van der Waals surface area contributed by atoms with Crippen molar-refractivity contribution in [3.63, 3.8) is 0 Å². The van der Waals surface area contributed by atoms with Gasteiger partial charge in [-0.25, -0.2) is 38.4 Å². The Morgan fingerprint density at radius 3 is 0.816 bits per heavy atom. The van der Waals surface area contributed by atoms with Crippen LogP contribution in [0, 0.1) is 6.92 Å². The number of rotatable bonds is 18. The summed E-state index contributed by atoms with van der Waals surface area (Å²) >= 11 is 0. The number of carbonyl (C=O) groups is 12. The molecule has 0 aromatic heterocycles. The fourth-order valence-corrected chi connectivity index (χ4v) is 10.3. The van der Waals surface area contributed by atoms with E-state index < -0.39 is 71.4 Å². The molecule has 10 aromatic rings. The average molecular weight is 1310 g/mol. The minimum atomic E-state index is -1.36. The number of hydrogen-bond donors (Lipinski definition) is 8.